The van der Waals surface area contributed by atoms with Crippen LogP contribution >= 0.6 is 23.1 Å². The molecule has 100 valence electrons. The van der Waals surface area contributed by atoms with Crippen LogP contribution < -0.4 is 0 Å². The topological polar surface area (TPSA) is 88.9 Å². The van der Waals surface area contributed by atoms with E-state index in [1.165, 1.54) is 24.4 Å². The lowest BCUT2D eigenvalue weighted by Gasteiger charge is -2.01. The highest BCUT2D eigenvalue weighted by molar-refractivity contribution is 7.99. The van der Waals surface area contributed by atoms with Crippen molar-refractivity contribution >= 4 is 39.3 Å². The second kappa shape index (κ2) is 5.14. The number of carboxylic acid groups (broad SMARTS) is 1. The van der Waals surface area contributed by atoms with Crippen molar-refractivity contribution < 1.29 is 9.90 Å². The van der Waals surface area contributed by atoms with Crippen molar-refractivity contribution in [1.82, 2.24) is 19.9 Å². The third kappa shape index (κ3) is 2.23. The van der Waals surface area contributed by atoms with Gasteiger partial charge in [0.05, 0.1) is 0 Å². The smallest absolute Gasteiger partial charge is 0.346 e. The molecule has 0 atom stereocenters. The molecule has 0 saturated carbocycles. The van der Waals surface area contributed by atoms with Crippen LogP contribution in [0.5, 0.6) is 0 Å². The van der Waals surface area contributed by atoms with E-state index in [0.29, 0.717) is 20.3 Å². The average molecular weight is 304 g/mol. The summed E-state index contributed by atoms with van der Waals surface area (Å²) in [6, 6.07) is 1.78. The molecule has 3 aromatic heterocycles. The summed E-state index contributed by atoms with van der Waals surface area (Å²) in [5.41, 5.74) is 0.689. The number of carboxylic acids is 1. The van der Waals surface area contributed by atoms with Gasteiger partial charge in [0.2, 0.25) is 0 Å². The van der Waals surface area contributed by atoms with Crippen LogP contribution in [0.2, 0.25) is 0 Å². The fourth-order valence-corrected chi connectivity index (χ4v) is 3.69. The van der Waals surface area contributed by atoms with Gasteiger partial charge in [0.25, 0.3) is 0 Å². The van der Waals surface area contributed by atoms with Gasteiger partial charge in [-0.2, -0.15) is 0 Å². The van der Waals surface area contributed by atoms with Crippen molar-refractivity contribution in [1.29, 1.82) is 0 Å². The number of aromatic nitrogens is 4. The van der Waals surface area contributed by atoms with Gasteiger partial charge < -0.3 is 5.11 Å². The lowest BCUT2D eigenvalue weighted by atomic mass is 10.2. The summed E-state index contributed by atoms with van der Waals surface area (Å²) >= 11 is 2.53. The van der Waals surface area contributed by atoms with Crippen molar-refractivity contribution in [2.75, 3.05) is 0 Å². The first kappa shape index (κ1) is 12.9. The Hall–Kier alpha value is -2.06. The number of aryl methyl sites for hydroxylation is 1. The van der Waals surface area contributed by atoms with Gasteiger partial charge in [0.1, 0.15) is 32.4 Å². The molecule has 0 unspecified atom stereocenters. The molecule has 0 radical (unpaired) electrons. The van der Waals surface area contributed by atoms with Gasteiger partial charge in [0, 0.05) is 11.6 Å². The number of aromatic carboxylic acids is 1. The normalized spacial score (nSPS) is 10.8. The van der Waals surface area contributed by atoms with E-state index >= 15 is 0 Å². The SMILES string of the molecule is Cc1c(C(=O)O)sc2ncnc(Sc3ccncn3)c12. The highest BCUT2D eigenvalue weighted by Gasteiger charge is 2.19. The molecule has 0 aromatic carbocycles. The fourth-order valence-electron chi connectivity index (χ4n) is 1.76. The van der Waals surface area contributed by atoms with Gasteiger partial charge in [-0.1, -0.05) is 0 Å². The predicted octanol–water partition coefficient (Wildman–Crippen LogP) is 2.64. The van der Waals surface area contributed by atoms with Crippen LogP contribution in [0.4, 0.5) is 0 Å². The van der Waals surface area contributed by atoms with Crippen molar-refractivity contribution in [3.05, 3.63) is 35.4 Å². The summed E-state index contributed by atoms with van der Waals surface area (Å²) in [7, 11) is 0. The third-order valence-electron chi connectivity index (χ3n) is 2.64. The predicted molar refractivity (Wildman–Crippen MR) is 75.3 cm³/mol. The van der Waals surface area contributed by atoms with Crippen LogP contribution in [0.25, 0.3) is 10.2 Å². The summed E-state index contributed by atoms with van der Waals surface area (Å²) < 4.78 is 0. The highest BCUT2D eigenvalue weighted by Crippen LogP contribution is 2.36. The minimum Gasteiger partial charge on any atom is -0.477 e. The summed E-state index contributed by atoms with van der Waals surface area (Å²) in [6.07, 6.45) is 4.55. The number of thiophene rings is 1. The van der Waals surface area contributed by atoms with E-state index in [1.807, 2.05) is 0 Å². The lowest BCUT2D eigenvalue weighted by molar-refractivity contribution is 0.0701. The van der Waals surface area contributed by atoms with Crippen LogP contribution in [0.1, 0.15) is 15.2 Å². The van der Waals surface area contributed by atoms with Gasteiger partial charge in [-0.05, 0) is 30.3 Å². The van der Waals surface area contributed by atoms with Crippen LogP contribution in [0.3, 0.4) is 0 Å². The Morgan fingerprint density at radius 1 is 1.30 bits per heavy atom. The van der Waals surface area contributed by atoms with Crippen molar-refractivity contribution in [3.8, 4) is 0 Å². The minimum atomic E-state index is -0.941. The molecule has 0 fully saturated rings. The summed E-state index contributed by atoms with van der Waals surface area (Å²) in [4.78, 5) is 28.5. The maximum Gasteiger partial charge on any atom is 0.346 e. The first-order valence-electron chi connectivity index (χ1n) is 5.58. The molecular weight excluding hydrogens is 296 g/mol. The van der Waals surface area contributed by atoms with Gasteiger partial charge in [0.15, 0.2) is 0 Å². The van der Waals surface area contributed by atoms with E-state index in [9.17, 15) is 9.90 Å². The Kier molecular flexibility index (Phi) is 3.33. The van der Waals surface area contributed by atoms with Crippen LogP contribution in [0.15, 0.2) is 35.0 Å². The number of fused-ring (bicyclic) bond motifs is 1. The summed E-state index contributed by atoms with van der Waals surface area (Å²) in [5.74, 6) is -0.941. The zero-order chi connectivity index (χ0) is 14.1. The molecule has 3 heterocycles. The second-order valence-corrected chi connectivity index (χ2v) is 5.88. The van der Waals surface area contributed by atoms with Gasteiger partial charge in [-0.3, -0.25) is 0 Å². The van der Waals surface area contributed by atoms with Crippen LogP contribution in [0, 0.1) is 6.92 Å². The van der Waals surface area contributed by atoms with Crippen molar-refractivity contribution in [2.45, 2.75) is 17.0 Å². The molecule has 8 heteroatoms. The molecule has 3 rings (SSSR count). The van der Waals surface area contributed by atoms with Gasteiger partial charge in [-0.15, -0.1) is 11.3 Å². The van der Waals surface area contributed by atoms with Gasteiger partial charge in [-0.25, -0.2) is 24.7 Å². The molecule has 1 N–H and O–H groups in total. The van der Waals surface area contributed by atoms with E-state index in [4.69, 9.17) is 0 Å². The lowest BCUT2D eigenvalue weighted by Crippen LogP contribution is -1.94. The molecular formula is C12H8N4O2S2. The molecule has 6 nitrogen and oxygen atoms in total. The third-order valence-corrected chi connectivity index (χ3v) is 4.78. The second-order valence-electron chi connectivity index (χ2n) is 3.87. The quantitative estimate of drug-likeness (QED) is 0.744. The van der Waals surface area contributed by atoms with E-state index in [0.717, 1.165) is 21.7 Å². The molecule has 0 amide bonds. The maximum atomic E-state index is 11.2. The first-order chi connectivity index (χ1) is 9.66. The Morgan fingerprint density at radius 2 is 2.15 bits per heavy atom. The Morgan fingerprint density at radius 3 is 2.85 bits per heavy atom. The fraction of sp³-hybridized carbons (Fsp3) is 0.0833. The number of nitrogens with zero attached hydrogens (tertiary/aromatic N) is 4. The standard InChI is InChI=1S/C12H8N4O2S2/c1-6-8-10(19-7-2-3-13-4-14-7)15-5-16-11(8)20-9(6)12(17)18/h2-5H,1H3,(H,17,18). The molecule has 0 bridgehead atoms. The average Bonchev–Trinajstić information content (AvgIpc) is 2.79. The number of carbonyl (C=O) groups is 1. The number of hydrogen-bond acceptors (Lipinski definition) is 7. The molecule has 0 saturated heterocycles. The van der Waals surface area contributed by atoms with Crippen molar-refractivity contribution in [3.63, 3.8) is 0 Å². The van der Waals surface area contributed by atoms with Crippen LogP contribution in [-0.2, 0) is 0 Å². The monoisotopic (exact) mass is 304 g/mol. The molecule has 0 spiro atoms. The molecule has 3 aromatic rings. The summed E-state index contributed by atoms with van der Waals surface area (Å²) in [6.45, 7) is 1.77. The van der Waals surface area contributed by atoms with Crippen molar-refractivity contribution in [2.24, 2.45) is 0 Å². The van der Waals surface area contributed by atoms with Gasteiger partial charge >= 0.3 is 5.97 Å². The van der Waals surface area contributed by atoms with E-state index < -0.39 is 5.97 Å². The summed E-state index contributed by atoms with van der Waals surface area (Å²) in [5, 5.41) is 11.4. The zero-order valence-corrected chi connectivity index (χ0v) is 11.9. The Bertz CT molecular complexity index is 789. The van der Waals surface area contributed by atoms with E-state index in [-0.39, 0.29) is 0 Å². The molecule has 0 aliphatic rings. The maximum absolute atomic E-state index is 11.2. The zero-order valence-electron chi connectivity index (χ0n) is 10.3. The van der Waals surface area contributed by atoms with Crippen LogP contribution in [-0.4, -0.2) is 31.0 Å². The Balaban J connectivity index is 2.14. The minimum absolute atomic E-state index is 0.296. The molecule has 0 aliphatic carbocycles. The molecule has 20 heavy (non-hydrogen) atoms. The molecule has 0 aliphatic heterocycles. The first-order valence-corrected chi connectivity index (χ1v) is 7.21. The van der Waals surface area contributed by atoms with E-state index in [1.54, 1.807) is 19.2 Å². The highest BCUT2D eigenvalue weighted by atomic mass is 32.2. The number of rotatable bonds is 3. The largest absolute Gasteiger partial charge is 0.477 e. The Labute approximate surface area is 121 Å². The van der Waals surface area contributed by atoms with E-state index in [2.05, 4.69) is 19.9 Å². The number of hydrogen-bond donors (Lipinski definition) is 1.